The van der Waals surface area contributed by atoms with Crippen LogP contribution in [0.15, 0.2) is 16.8 Å². The topological polar surface area (TPSA) is 23.5 Å². The molecule has 1 aromatic heterocycles. The van der Waals surface area contributed by atoms with E-state index in [1.54, 1.807) is 11.3 Å². The van der Waals surface area contributed by atoms with E-state index in [4.69, 9.17) is 0 Å². The van der Waals surface area contributed by atoms with Gasteiger partial charge in [-0.3, -0.25) is 0 Å². The van der Waals surface area contributed by atoms with Crippen molar-refractivity contribution in [2.75, 3.05) is 13.1 Å². The molecule has 1 aromatic rings. The number of rotatable bonds is 3. The number of aliphatic hydroxyl groups is 1. The van der Waals surface area contributed by atoms with Crippen molar-refractivity contribution in [2.45, 2.75) is 50.2 Å². The van der Waals surface area contributed by atoms with Crippen LogP contribution in [0.4, 0.5) is 0 Å². The van der Waals surface area contributed by atoms with Crippen molar-refractivity contribution >= 4 is 11.3 Å². The van der Waals surface area contributed by atoms with Gasteiger partial charge in [0.2, 0.25) is 0 Å². The Bertz CT molecular complexity index is 364. The molecule has 2 aliphatic heterocycles. The van der Waals surface area contributed by atoms with Crippen molar-refractivity contribution in [3.05, 3.63) is 22.4 Å². The van der Waals surface area contributed by atoms with Crippen LogP contribution in [0.5, 0.6) is 0 Å². The summed E-state index contributed by atoms with van der Waals surface area (Å²) < 4.78 is 0. The molecular weight excluding hydrogens is 230 g/mol. The summed E-state index contributed by atoms with van der Waals surface area (Å²) in [6.45, 7) is 2.36. The minimum absolute atomic E-state index is 0.395. The predicted octanol–water partition coefficient (Wildman–Crippen LogP) is 2.67. The van der Waals surface area contributed by atoms with Crippen LogP contribution < -0.4 is 0 Å². The Morgan fingerprint density at radius 2 is 2.41 bits per heavy atom. The van der Waals surface area contributed by atoms with Crippen molar-refractivity contribution < 1.29 is 5.11 Å². The molecule has 2 atom stereocenters. The van der Waals surface area contributed by atoms with Gasteiger partial charge in [-0.1, -0.05) is 0 Å². The largest absolute Gasteiger partial charge is 0.390 e. The van der Waals surface area contributed by atoms with Crippen LogP contribution in [0, 0.1) is 0 Å². The second-order valence-corrected chi connectivity index (χ2v) is 6.42. The lowest BCUT2D eigenvalue weighted by Gasteiger charge is -2.41. The van der Waals surface area contributed by atoms with E-state index in [0.29, 0.717) is 6.04 Å². The molecule has 3 heteroatoms. The average molecular weight is 251 g/mol. The van der Waals surface area contributed by atoms with Gasteiger partial charge in [-0.15, -0.1) is 0 Å². The third kappa shape index (κ3) is 2.56. The van der Waals surface area contributed by atoms with Crippen LogP contribution >= 0.6 is 11.3 Å². The minimum Gasteiger partial charge on any atom is -0.390 e. The van der Waals surface area contributed by atoms with Crippen LogP contribution in [-0.2, 0) is 6.42 Å². The van der Waals surface area contributed by atoms with Crippen LogP contribution in [0.2, 0.25) is 0 Å². The van der Waals surface area contributed by atoms with Gasteiger partial charge in [-0.05, 0) is 67.5 Å². The molecule has 0 spiro atoms. The lowest BCUT2D eigenvalue weighted by Crippen LogP contribution is -2.47. The SMILES string of the molecule is OC1(CCc2ccsc2)CCN2CCCC2C1. The lowest BCUT2D eigenvalue weighted by atomic mass is 9.82. The fourth-order valence-corrected chi connectivity index (χ4v) is 4.06. The Balaban J connectivity index is 1.58. The molecule has 3 heterocycles. The molecule has 0 saturated carbocycles. The molecule has 3 rings (SSSR count). The third-order valence-electron chi connectivity index (χ3n) is 4.44. The maximum absolute atomic E-state index is 10.7. The first-order chi connectivity index (χ1) is 8.25. The van der Waals surface area contributed by atoms with E-state index in [2.05, 4.69) is 21.7 Å². The summed E-state index contributed by atoms with van der Waals surface area (Å²) in [6, 6.07) is 2.84. The van der Waals surface area contributed by atoms with E-state index in [0.717, 1.165) is 32.2 Å². The number of nitrogens with zero attached hydrogens (tertiary/aromatic N) is 1. The molecule has 0 aromatic carbocycles. The fourth-order valence-electron chi connectivity index (χ4n) is 3.35. The average Bonchev–Trinajstić information content (AvgIpc) is 2.96. The number of aryl methyl sites for hydroxylation is 1. The predicted molar refractivity (Wildman–Crippen MR) is 71.4 cm³/mol. The van der Waals surface area contributed by atoms with Gasteiger partial charge in [0.25, 0.3) is 0 Å². The summed E-state index contributed by atoms with van der Waals surface area (Å²) in [5.41, 5.74) is 0.991. The van der Waals surface area contributed by atoms with Crippen molar-refractivity contribution in [2.24, 2.45) is 0 Å². The van der Waals surface area contributed by atoms with E-state index in [-0.39, 0.29) is 0 Å². The number of thiophene rings is 1. The van der Waals surface area contributed by atoms with Gasteiger partial charge in [0.05, 0.1) is 5.60 Å². The summed E-state index contributed by atoms with van der Waals surface area (Å²) in [5, 5.41) is 15.0. The minimum atomic E-state index is -0.395. The molecule has 0 radical (unpaired) electrons. The van der Waals surface area contributed by atoms with Crippen molar-refractivity contribution in [3.8, 4) is 0 Å². The molecule has 2 unspecified atom stereocenters. The zero-order valence-electron chi connectivity index (χ0n) is 10.3. The summed E-state index contributed by atoms with van der Waals surface area (Å²) >= 11 is 1.75. The fraction of sp³-hybridized carbons (Fsp3) is 0.714. The normalized spacial score (nSPS) is 33.8. The molecule has 1 N–H and O–H groups in total. The molecule has 0 amide bonds. The second kappa shape index (κ2) is 4.71. The summed E-state index contributed by atoms with van der Waals surface area (Å²) in [7, 11) is 0. The standard InChI is InChI=1S/C14H21NOS/c16-14(5-3-12-4-9-17-11-12)6-8-15-7-1-2-13(15)10-14/h4,9,11,13,16H,1-3,5-8,10H2. The molecule has 2 aliphatic rings. The first-order valence-corrected chi connectivity index (χ1v) is 7.67. The monoisotopic (exact) mass is 251 g/mol. The van der Waals surface area contributed by atoms with Crippen molar-refractivity contribution in [3.63, 3.8) is 0 Å². The molecule has 2 nitrogen and oxygen atoms in total. The number of hydrogen-bond acceptors (Lipinski definition) is 3. The smallest absolute Gasteiger partial charge is 0.0678 e. The highest BCUT2D eigenvalue weighted by molar-refractivity contribution is 7.07. The highest BCUT2D eigenvalue weighted by Crippen LogP contribution is 2.35. The summed E-state index contributed by atoms with van der Waals surface area (Å²) in [5.74, 6) is 0. The Kier molecular flexibility index (Phi) is 3.24. The van der Waals surface area contributed by atoms with E-state index in [1.165, 1.54) is 24.9 Å². The Morgan fingerprint density at radius 3 is 3.24 bits per heavy atom. The van der Waals surface area contributed by atoms with E-state index in [9.17, 15) is 5.11 Å². The van der Waals surface area contributed by atoms with E-state index < -0.39 is 5.60 Å². The van der Waals surface area contributed by atoms with Gasteiger partial charge in [0, 0.05) is 12.6 Å². The number of fused-ring (bicyclic) bond motifs is 1. The first kappa shape index (κ1) is 11.7. The quantitative estimate of drug-likeness (QED) is 0.893. The van der Waals surface area contributed by atoms with Gasteiger partial charge in [-0.25, -0.2) is 0 Å². The zero-order chi connectivity index (χ0) is 11.7. The molecular formula is C14H21NOS. The van der Waals surface area contributed by atoms with Crippen LogP contribution in [0.3, 0.4) is 0 Å². The second-order valence-electron chi connectivity index (χ2n) is 5.64. The first-order valence-electron chi connectivity index (χ1n) is 6.73. The summed E-state index contributed by atoms with van der Waals surface area (Å²) in [6.07, 6.45) is 6.55. The van der Waals surface area contributed by atoms with E-state index in [1.807, 2.05) is 0 Å². The molecule has 94 valence electrons. The number of hydrogen-bond donors (Lipinski definition) is 1. The molecule has 17 heavy (non-hydrogen) atoms. The van der Waals surface area contributed by atoms with Crippen LogP contribution in [0.1, 0.15) is 37.7 Å². The highest BCUT2D eigenvalue weighted by atomic mass is 32.1. The van der Waals surface area contributed by atoms with Crippen LogP contribution in [0.25, 0.3) is 0 Å². The zero-order valence-corrected chi connectivity index (χ0v) is 11.1. The Morgan fingerprint density at radius 1 is 1.47 bits per heavy atom. The Hall–Kier alpha value is -0.380. The maximum Gasteiger partial charge on any atom is 0.0678 e. The lowest BCUT2D eigenvalue weighted by molar-refractivity contribution is -0.0416. The number of piperidine rings is 1. The molecule has 2 fully saturated rings. The molecule has 2 saturated heterocycles. The van der Waals surface area contributed by atoms with Gasteiger partial charge in [-0.2, -0.15) is 11.3 Å². The maximum atomic E-state index is 10.7. The van der Waals surface area contributed by atoms with Crippen LogP contribution in [-0.4, -0.2) is 34.7 Å². The molecule has 0 bridgehead atoms. The highest BCUT2D eigenvalue weighted by Gasteiger charge is 2.39. The third-order valence-corrected chi connectivity index (χ3v) is 5.17. The van der Waals surface area contributed by atoms with E-state index >= 15 is 0 Å². The molecule has 0 aliphatic carbocycles. The van der Waals surface area contributed by atoms with Crippen molar-refractivity contribution in [1.82, 2.24) is 4.90 Å². The Labute approximate surface area is 107 Å². The summed E-state index contributed by atoms with van der Waals surface area (Å²) in [4.78, 5) is 2.57. The van der Waals surface area contributed by atoms with Crippen molar-refractivity contribution in [1.29, 1.82) is 0 Å². The van der Waals surface area contributed by atoms with Gasteiger partial charge in [0.1, 0.15) is 0 Å². The van der Waals surface area contributed by atoms with Gasteiger partial charge in [0.15, 0.2) is 0 Å². The van der Waals surface area contributed by atoms with Gasteiger partial charge >= 0.3 is 0 Å². The van der Waals surface area contributed by atoms with Gasteiger partial charge < -0.3 is 10.0 Å².